The fourth-order valence-corrected chi connectivity index (χ4v) is 3.78. The number of aryl methyl sites for hydroxylation is 3. The summed E-state index contributed by atoms with van der Waals surface area (Å²) in [6, 6.07) is 4.36. The number of aromatic nitrogens is 1. The maximum Gasteiger partial charge on any atom is 0.270 e. The fourth-order valence-electron chi connectivity index (χ4n) is 3.78. The van der Waals surface area contributed by atoms with Crippen LogP contribution in [0.15, 0.2) is 12.1 Å². The third-order valence-electron chi connectivity index (χ3n) is 4.93. The van der Waals surface area contributed by atoms with Crippen molar-refractivity contribution in [1.29, 1.82) is 0 Å². The molecular weight excluding hydrogens is 272 g/mol. The molecule has 1 aliphatic heterocycles. The van der Waals surface area contributed by atoms with Crippen LogP contribution >= 0.6 is 0 Å². The largest absolute Gasteiger partial charge is 0.337 e. The molecule has 0 aliphatic carbocycles. The summed E-state index contributed by atoms with van der Waals surface area (Å²) in [7, 11) is 0. The number of benzene rings is 1. The fraction of sp³-hybridized carbons (Fsp3) is 0.526. The van der Waals surface area contributed by atoms with E-state index in [9.17, 15) is 4.79 Å². The first-order valence-electron chi connectivity index (χ1n) is 8.50. The second-order valence-electron chi connectivity index (χ2n) is 6.39. The minimum absolute atomic E-state index is 0.228. The van der Waals surface area contributed by atoms with Gasteiger partial charge in [-0.2, -0.15) is 0 Å². The van der Waals surface area contributed by atoms with Crippen molar-refractivity contribution in [2.45, 2.75) is 53.5 Å². The van der Waals surface area contributed by atoms with Crippen molar-refractivity contribution in [1.82, 2.24) is 9.47 Å². The molecule has 0 N–H and O–H groups in total. The van der Waals surface area contributed by atoms with Gasteiger partial charge in [-0.25, -0.2) is 0 Å². The standard InChI is InChI=1S/C19H26N2O/c1-5-7-11-20-12-10-15-16-13(3)8-9-14(4)17(16)21(6-2)18(15)19(20)22/h8-9H,5-7,10-12H2,1-4H3. The number of nitrogens with zero attached hydrogens (tertiary/aromatic N) is 2. The number of carbonyl (C=O) groups is 1. The van der Waals surface area contributed by atoms with Gasteiger partial charge in [-0.05, 0) is 50.3 Å². The van der Waals surface area contributed by atoms with E-state index in [1.54, 1.807) is 0 Å². The van der Waals surface area contributed by atoms with E-state index in [4.69, 9.17) is 0 Å². The van der Waals surface area contributed by atoms with Gasteiger partial charge >= 0.3 is 0 Å². The molecule has 118 valence electrons. The van der Waals surface area contributed by atoms with E-state index in [1.807, 2.05) is 4.90 Å². The number of rotatable bonds is 4. The lowest BCUT2D eigenvalue weighted by Crippen LogP contribution is -2.39. The van der Waals surface area contributed by atoms with Crippen LogP contribution < -0.4 is 0 Å². The number of hydrogen-bond acceptors (Lipinski definition) is 1. The van der Waals surface area contributed by atoms with E-state index in [0.717, 1.165) is 44.6 Å². The Bertz CT molecular complexity index is 688. The number of fused-ring (bicyclic) bond motifs is 3. The van der Waals surface area contributed by atoms with E-state index in [1.165, 1.54) is 27.6 Å². The second-order valence-corrected chi connectivity index (χ2v) is 6.39. The Morgan fingerprint density at radius 2 is 1.86 bits per heavy atom. The van der Waals surface area contributed by atoms with Crippen LogP contribution in [0.2, 0.25) is 0 Å². The third kappa shape index (κ3) is 2.15. The Morgan fingerprint density at radius 1 is 1.14 bits per heavy atom. The van der Waals surface area contributed by atoms with Crippen molar-refractivity contribution in [3.05, 3.63) is 34.5 Å². The molecule has 0 radical (unpaired) electrons. The first-order chi connectivity index (χ1) is 10.6. The molecule has 0 atom stereocenters. The molecule has 3 nitrogen and oxygen atoms in total. The Kier molecular flexibility index (Phi) is 3.98. The van der Waals surface area contributed by atoms with Crippen molar-refractivity contribution in [3.8, 4) is 0 Å². The smallest absolute Gasteiger partial charge is 0.270 e. The van der Waals surface area contributed by atoms with E-state index in [-0.39, 0.29) is 5.91 Å². The summed E-state index contributed by atoms with van der Waals surface area (Å²) in [6.45, 7) is 11.2. The second kappa shape index (κ2) is 5.79. The number of hydrogen-bond donors (Lipinski definition) is 0. The third-order valence-corrected chi connectivity index (χ3v) is 4.93. The highest BCUT2D eigenvalue weighted by Gasteiger charge is 2.31. The lowest BCUT2D eigenvalue weighted by atomic mass is 9.98. The van der Waals surface area contributed by atoms with Crippen LogP contribution in [0.3, 0.4) is 0 Å². The summed E-state index contributed by atoms with van der Waals surface area (Å²) in [5, 5.41) is 1.32. The molecule has 2 heterocycles. The van der Waals surface area contributed by atoms with Gasteiger partial charge in [-0.15, -0.1) is 0 Å². The number of unbranched alkanes of at least 4 members (excludes halogenated alkanes) is 1. The van der Waals surface area contributed by atoms with Gasteiger partial charge in [0, 0.05) is 25.0 Å². The van der Waals surface area contributed by atoms with E-state index in [2.05, 4.69) is 44.4 Å². The predicted octanol–water partition coefficient (Wildman–Crippen LogP) is 4.08. The van der Waals surface area contributed by atoms with Gasteiger partial charge in [-0.3, -0.25) is 4.79 Å². The topological polar surface area (TPSA) is 25.2 Å². The highest BCUT2D eigenvalue weighted by molar-refractivity contribution is 6.04. The average Bonchev–Trinajstić information content (AvgIpc) is 2.86. The maximum atomic E-state index is 13.0. The Hall–Kier alpha value is -1.77. The molecule has 1 aromatic heterocycles. The van der Waals surface area contributed by atoms with Gasteiger partial charge in [0.15, 0.2) is 0 Å². The van der Waals surface area contributed by atoms with Crippen molar-refractivity contribution >= 4 is 16.8 Å². The summed E-state index contributed by atoms with van der Waals surface area (Å²) in [5.41, 5.74) is 6.04. The highest BCUT2D eigenvalue weighted by Crippen LogP contribution is 2.34. The molecule has 0 spiro atoms. The van der Waals surface area contributed by atoms with Crippen LogP contribution in [0.25, 0.3) is 10.9 Å². The Balaban J connectivity index is 2.20. The van der Waals surface area contributed by atoms with Crippen molar-refractivity contribution < 1.29 is 4.79 Å². The van der Waals surface area contributed by atoms with Crippen LogP contribution in [0.4, 0.5) is 0 Å². The minimum atomic E-state index is 0.228. The van der Waals surface area contributed by atoms with Crippen LogP contribution in [-0.4, -0.2) is 28.5 Å². The molecular formula is C19H26N2O. The molecule has 1 aromatic carbocycles. The zero-order chi connectivity index (χ0) is 15.9. The van der Waals surface area contributed by atoms with Crippen molar-refractivity contribution in [3.63, 3.8) is 0 Å². The molecule has 0 unspecified atom stereocenters. The zero-order valence-electron chi connectivity index (χ0n) is 14.2. The maximum absolute atomic E-state index is 13.0. The van der Waals surface area contributed by atoms with Gasteiger partial charge in [-0.1, -0.05) is 25.5 Å². The van der Waals surface area contributed by atoms with Crippen LogP contribution in [0.5, 0.6) is 0 Å². The molecule has 3 rings (SSSR count). The molecule has 0 saturated carbocycles. The van der Waals surface area contributed by atoms with Gasteiger partial charge in [0.25, 0.3) is 5.91 Å². The van der Waals surface area contributed by atoms with E-state index < -0.39 is 0 Å². The van der Waals surface area contributed by atoms with Gasteiger partial charge in [0.2, 0.25) is 0 Å². The van der Waals surface area contributed by atoms with Crippen LogP contribution in [0, 0.1) is 13.8 Å². The highest BCUT2D eigenvalue weighted by atomic mass is 16.2. The zero-order valence-corrected chi connectivity index (χ0v) is 14.2. The molecule has 3 heteroatoms. The SMILES string of the molecule is CCCCN1CCc2c(n(CC)c3c(C)ccc(C)c23)C1=O. The summed E-state index contributed by atoms with van der Waals surface area (Å²) in [5.74, 6) is 0.228. The lowest BCUT2D eigenvalue weighted by Gasteiger charge is -2.28. The molecule has 0 saturated heterocycles. The normalized spacial score (nSPS) is 14.7. The molecule has 0 fully saturated rings. The molecule has 22 heavy (non-hydrogen) atoms. The number of amides is 1. The molecule has 2 aromatic rings. The van der Waals surface area contributed by atoms with Crippen molar-refractivity contribution in [2.24, 2.45) is 0 Å². The summed E-state index contributed by atoms with van der Waals surface area (Å²) in [6.07, 6.45) is 3.20. The number of carbonyl (C=O) groups excluding carboxylic acids is 1. The molecule has 0 bridgehead atoms. The van der Waals surface area contributed by atoms with Gasteiger partial charge in [0.05, 0.1) is 5.52 Å². The monoisotopic (exact) mass is 298 g/mol. The summed E-state index contributed by atoms with van der Waals surface area (Å²) < 4.78 is 2.24. The molecule has 1 aliphatic rings. The summed E-state index contributed by atoms with van der Waals surface area (Å²) in [4.78, 5) is 15.0. The summed E-state index contributed by atoms with van der Waals surface area (Å²) >= 11 is 0. The quantitative estimate of drug-likeness (QED) is 0.835. The van der Waals surface area contributed by atoms with Gasteiger partial charge < -0.3 is 9.47 Å². The van der Waals surface area contributed by atoms with Crippen molar-refractivity contribution in [2.75, 3.05) is 13.1 Å². The first-order valence-corrected chi connectivity index (χ1v) is 8.50. The van der Waals surface area contributed by atoms with Gasteiger partial charge in [0.1, 0.15) is 5.69 Å². The Labute approximate surface area is 132 Å². The minimum Gasteiger partial charge on any atom is -0.337 e. The van der Waals surface area contributed by atoms with E-state index in [0.29, 0.717) is 0 Å². The first kappa shape index (κ1) is 15.1. The van der Waals surface area contributed by atoms with E-state index >= 15 is 0 Å². The molecule has 1 amide bonds. The Morgan fingerprint density at radius 3 is 2.55 bits per heavy atom. The van der Waals surface area contributed by atoms with Crippen LogP contribution in [0.1, 0.15) is 53.9 Å². The lowest BCUT2D eigenvalue weighted by molar-refractivity contribution is 0.0726. The average molecular weight is 298 g/mol. The predicted molar refractivity (Wildman–Crippen MR) is 91.6 cm³/mol. The van der Waals surface area contributed by atoms with Crippen LogP contribution in [-0.2, 0) is 13.0 Å².